The maximum Gasteiger partial charge on any atom is 0.307 e. The molecule has 0 spiro atoms. The normalized spacial score (nSPS) is 11.8. The van der Waals surface area contributed by atoms with Crippen LogP contribution >= 0.6 is 23.2 Å². The summed E-state index contributed by atoms with van der Waals surface area (Å²) in [6.45, 7) is 4.02. The molecular formula is C17H22Cl2N2O4. The van der Waals surface area contributed by atoms with E-state index in [1.165, 1.54) is 19.2 Å². The minimum atomic E-state index is -0.739. The Kier molecular flexibility index (Phi) is 8.72. The van der Waals surface area contributed by atoms with Gasteiger partial charge in [0.15, 0.2) is 0 Å². The van der Waals surface area contributed by atoms with E-state index in [0.29, 0.717) is 11.4 Å². The van der Waals surface area contributed by atoms with Gasteiger partial charge in [0, 0.05) is 11.6 Å². The fourth-order valence-corrected chi connectivity index (χ4v) is 2.62. The van der Waals surface area contributed by atoms with Crippen molar-refractivity contribution in [2.45, 2.75) is 32.7 Å². The molecular weight excluding hydrogens is 367 g/mol. The molecule has 8 heteroatoms. The summed E-state index contributed by atoms with van der Waals surface area (Å²) in [5.41, 5.74) is 0.238. The molecule has 0 bridgehead atoms. The van der Waals surface area contributed by atoms with E-state index in [9.17, 15) is 14.4 Å². The first kappa shape index (κ1) is 21.3. The van der Waals surface area contributed by atoms with E-state index in [4.69, 9.17) is 23.2 Å². The molecule has 0 aromatic heterocycles. The van der Waals surface area contributed by atoms with E-state index < -0.39 is 17.9 Å². The van der Waals surface area contributed by atoms with E-state index in [-0.39, 0.29) is 35.4 Å². The van der Waals surface area contributed by atoms with Crippen molar-refractivity contribution < 1.29 is 19.1 Å². The summed E-state index contributed by atoms with van der Waals surface area (Å²) in [7, 11) is 1.28. The summed E-state index contributed by atoms with van der Waals surface area (Å²) < 4.78 is 4.52. The molecule has 25 heavy (non-hydrogen) atoms. The van der Waals surface area contributed by atoms with Gasteiger partial charge in [0.1, 0.15) is 6.04 Å². The molecule has 1 unspecified atom stereocenters. The largest absolute Gasteiger partial charge is 0.469 e. The second-order valence-corrected chi connectivity index (χ2v) is 6.74. The summed E-state index contributed by atoms with van der Waals surface area (Å²) in [6.07, 6.45) is 0.509. The third-order valence-electron chi connectivity index (χ3n) is 3.36. The second kappa shape index (κ2) is 10.3. The smallest absolute Gasteiger partial charge is 0.307 e. The van der Waals surface area contributed by atoms with Crippen molar-refractivity contribution >= 4 is 41.0 Å². The monoisotopic (exact) mass is 388 g/mol. The van der Waals surface area contributed by atoms with Crippen molar-refractivity contribution in [1.29, 1.82) is 0 Å². The van der Waals surface area contributed by atoms with Gasteiger partial charge in [-0.2, -0.15) is 0 Å². The molecule has 138 valence electrons. The van der Waals surface area contributed by atoms with Gasteiger partial charge in [-0.05, 0) is 30.5 Å². The number of rotatable bonds is 8. The molecule has 1 rings (SSSR count). The summed E-state index contributed by atoms with van der Waals surface area (Å²) in [5.74, 6) is -1.07. The van der Waals surface area contributed by atoms with Crippen LogP contribution in [0.5, 0.6) is 0 Å². The molecule has 0 heterocycles. The number of hydrogen-bond donors (Lipinski definition) is 2. The Hall–Kier alpha value is -1.79. The van der Waals surface area contributed by atoms with Crippen molar-refractivity contribution in [2.24, 2.45) is 5.92 Å². The van der Waals surface area contributed by atoms with Crippen LogP contribution in [0.25, 0.3) is 0 Å². The van der Waals surface area contributed by atoms with E-state index in [1.807, 2.05) is 13.8 Å². The topological polar surface area (TPSA) is 84.5 Å². The molecule has 2 N–H and O–H groups in total. The van der Waals surface area contributed by atoms with Gasteiger partial charge in [0.05, 0.1) is 24.1 Å². The Morgan fingerprint density at radius 3 is 2.44 bits per heavy atom. The molecule has 0 radical (unpaired) electrons. The number of ether oxygens (including phenoxy) is 1. The fourth-order valence-electron chi connectivity index (χ4n) is 2.13. The van der Waals surface area contributed by atoms with Crippen LogP contribution < -0.4 is 10.6 Å². The molecule has 0 aliphatic heterocycles. The average molecular weight is 389 g/mol. The van der Waals surface area contributed by atoms with Gasteiger partial charge in [-0.25, -0.2) is 0 Å². The SMILES string of the molecule is COC(=O)CCNC(=O)C(CC(C)C)NC(=O)c1ccc(Cl)cc1Cl. The van der Waals surface area contributed by atoms with Gasteiger partial charge in [0.2, 0.25) is 5.91 Å². The van der Waals surface area contributed by atoms with Crippen molar-refractivity contribution in [3.8, 4) is 0 Å². The number of carbonyl (C=O) groups excluding carboxylic acids is 3. The summed E-state index contributed by atoms with van der Waals surface area (Å²) in [6, 6.07) is 3.78. The number of benzene rings is 1. The lowest BCUT2D eigenvalue weighted by Crippen LogP contribution is -2.47. The van der Waals surface area contributed by atoms with Crippen LogP contribution in [0.2, 0.25) is 10.0 Å². The summed E-state index contributed by atoms with van der Waals surface area (Å²) >= 11 is 11.9. The minimum absolute atomic E-state index is 0.0631. The molecule has 1 aromatic rings. The van der Waals surface area contributed by atoms with Crippen molar-refractivity contribution in [3.63, 3.8) is 0 Å². The van der Waals surface area contributed by atoms with Crippen molar-refractivity contribution in [3.05, 3.63) is 33.8 Å². The molecule has 0 saturated heterocycles. The highest BCUT2D eigenvalue weighted by Crippen LogP contribution is 2.21. The second-order valence-electron chi connectivity index (χ2n) is 5.90. The van der Waals surface area contributed by atoms with Gasteiger partial charge in [0.25, 0.3) is 5.91 Å². The summed E-state index contributed by atoms with van der Waals surface area (Å²) in [4.78, 5) is 35.8. The van der Waals surface area contributed by atoms with Crippen molar-refractivity contribution in [2.75, 3.05) is 13.7 Å². The van der Waals surface area contributed by atoms with E-state index >= 15 is 0 Å². The molecule has 1 atom stereocenters. The van der Waals surface area contributed by atoms with Crippen LogP contribution in [0.4, 0.5) is 0 Å². The zero-order valence-electron chi connectivity index (χ0n) is 14.4. The molecule has 0 saturated carbocycles. The Morgan fingerprint density at radius 2 is 1.88 bits per heavy atom. The van der Waals surface area contributed by atoms with Crippen LogP contribution in [0.3, 0.4) is 0 Å². The number of nitrogens with one attached hydrogen (secondary N) is 2. The molecule has 1 aromatic carbocycles. The Balaban J connectivity index is 2.75. The van der Waals surface area contributed by atoms with Gasteiger partial charge in [-0.3, -0.25) is 14.4 Å². The number of halogens is 2. The number of esters is 1. The van der Waals surface area contributed by atoms with Gasteiger partial charge >= 0.3 is 5.97 Å². The molecule has 0 aliphatic carbocycles. The zero-order valence-corrected chi connectivity index (χ0v) is 15.9. The highest BCUT2D eigenvalue weighted by molar-refractivity contribution is 6.36. The fraction of sp³-hybridized carbons (Fsp3) is 0.471. The van der Waals surface area contributed by atoms with Gasteiger partial charge < -0.3 is 15.4 Å². The first-order chi connectivity index (χ1) is 11.7. The van der Waals surface area contributed by atoms with Crippen LogP contribution in [-0.4, -0.2) is 37.5 Å². The lowest BCUT2D eigenvalue weighted by molar-refractivity contribution is -0.140. The number of methoxy groups -OCH3 is 1. The zero-order chi connectivity index (χ0) is 19.0. The average Bonchev–Trinajstić information content (AvgIpc) is 2.53. The number of carbonyl (C=O) groups is 3. The van der Waals surface area contributed by atoms with Gasteiger partial charge in [-0.15, -0.1) is 0 Å². The van der Waals surface area contributed by atoms with Crippen LogP contribution in [0.1, 0.15) is 37.0 Å². The number of amides is 2. The predicted octanol–water partition coefficient (Wildman–Crippen LogP) is 2.82. The Morgan fingerprint density at radius 1 is 1.20 bits per heavy atom. The Labute approximate surface area is 157 Å². The predicted molar refractivity (Wildman–Crippen MR) is 96.8 cm³/mol. The van der Waals surface area contributed by atoms with Crippen molar-refractivity contribution in [1.82, 2.24) is 10.6 Å². The third-order valence-corrected chi connectivity index (χ3v) is 3.91. The molecule has 6 nitrogen and oxygen atoms in total. The van der Waals surface area contributed by atoms with E-state index in [1.54, 1.807) is 6.07 Å². The quantitative estimate of drug-likeness (QED) is 0.670. The highest BCUT2D eigenvalue weighted by atomic mass is 35.5. The lowest BCUT2D eigenvalue weighted by Gasteiger charge is -2.20. The van der Waals surface area contributed by atoms with E-state index in [2.05, 4.69) is 15.4 Å². The van der Waals surface area contributed by atoms with Crippen LogP contribution in [0.15, 0.2) is 18.2 Å². The van der Waals surface area contributed by atoms with Crippen LogP contribution in [0, 0.1) is 5.92 Å². The van der Waals surface area contributed by atoms with Gasteiger partial charge in [-0.1, -0.05) is 37.0 Å². The van der Waals surface area contributed by atoms with Crippen LogP contribution in [-0.2, 0) is 14.3 Å². The maximum atomic E-state index is 12.4. The standard InChI is InChI=1S/C17H22Cl2N2O4/c1-10(2)8-14(17(24)20-7-6-15(22)25-3)21-16(23)12-5-4-11(18)9-13(12)19/h4-5,9-10,14H,6-8H2,1-3H3,(H,20,24)(H,21,23). The molecule has 0 fully saturated rings. The third kappa shape index (κ3) is 7.32. The first-order valence-corrected chi connectivity index (χ1v) is 8.60. The maximum absolute atomic E-state index is 12.4. The Bertz CT molecular complexity index is 635. The minimum Gasteiger partial charge on any atom is -0.469 e. The lowest BCUT2D eigenvalue weighted by atomic mass is 10.0. The van der Waals surface area contributed by atoms with E-state index in [0.717, 1.165) is 0 Å². The highest BCUT2D eigenvalue weighted by Gasteiger charge is 2.23. The summed E-state index contributed by atoms with van der Waals surface area (Å²) in [5, 5.41) is 5.93. The first-order valence-electron chi connectivity index (χ1n) is 7.85. The molecule has 2 amide bonds. The molecule has 0 aliphatic rings. The number of hydrogen-bond acceptors (Lipinski definition) is 4.